The van der Waals surface area contributed by atoms with Crippen molar-refractivity contribution in [3.63, 3.8) is 0 Å². The van der Waals surface area contributed by atoms with Gasteiger partial charge in [-0.25, -0.2) is 0 Å². The molecule has 0 aromatic heterocycles. The van der Waals surface area contributed by atoms with E-state index in [0.717, 1.165) is 11.1 Å². The third kappa shape index (κ3) is 4.75. The van der Waals surface area contributed by atoms with Crippen molar-refractivity contribution in [2.45, 2.75) is 19.1 Å². The van der Waals surface area contributed by atoms with Gasteiger partial charge in [-0.05, 0) is 42.2 Å². The second-order valence-corrected chi connectivity index (χ2v) is 7.05. The minimum atomic E-state index is -4.38. The summed E-state index contributed by atoms with van der Waals surface area (Å²) in [5.41, 5.74) is 3.08. The number of nitrogens with one attached hydrogen (secondary N) is 1. The lowest BCUT2D eigenvalue weighted by molar-refractivity contribution is 0.348. The number of benzene rings is 2. The summed E-state index contributed by atoms with van der Waals surface area (Å²) in [6.07, 6.45) is 0.668. The fourth-order valence-electron chi connectivity index (χ4n) is 2.44. The van der Waals surface area contributed by atoms with Gasteiger partial charge >= 0.3 is 7.60 Å². The Morgan fingerprint density at radius 3 is 2.61 bits per heavy atom. The average molecular weight is 330 g/mol. The van der Waals surface area contributed by atoms with Gasteiger partial charge in [0.25, 0.3) is 0 Å². The third-order valence-corrected chi connectivity index (χ3v) is 4.81. The summed E-state index contributed by atoms with van der Waals surface area (Å²) in [4.78, 5) is 19.2. The molecule has 2 rings (SSSR count). The van der Waals surface area contributed by atoms with Gasteiger partial charge in [-0.1, -0.05) is 36.4 Å². The summed E-state index contributed by atoms with van der Waals surface area (Å²) in [5.74, 6) is -1.11. The molecule has 0 saturated heterocycles. The Bertz CT molecular complexity index is 764. The molecule has 2 aromatic rings. The van der Waals surface area contributed by atoms with Crippen LogP contribution in [0.2, 0.25) is 0 Å². The molecule has 6 heteroatoms. The van der Waals surface area contributed by atoms with Gasteiger partial charge in [0.2, 0.25) is 0 Å². The van der Waals surface area contributed by atoms with E-state index in [1.165, 1.54) is 6.07 Å². The topological polar surface area (TPSA) is 93.4 Å². The molecule has 0 radical (unpaired) electrons. The SMILES string of the molecule is Cc1ccccc1CCN[C@H](c1cccc(C#N)c1)P(=O)(O)O. The summed E-state index contributed by atoms with van der Waals surface area (Å²) in [5, 5.41) is 11.9. The molecule has 0 amide bonds. The Balaban J connectivity index is 2.13. The lowest BCUT2D eigenvalue weighted by atomic mass is 10.1. The van der Waals surface area contributed by atoms with Crippen LogP contribution >= 0.6 is 7.60 Å². The predicted molar refractivity (Wildman–Crippen MR) is 88.8 cm³/mol. The standard InChI is InChI=1S/C17H19N2O3P/c1-13-5-2-3-7-15(13)9-10-19-17(23(20,21)22)16-8-4-6-14(11-16)12-18/h2-8,11,17,19H,9-10H2,1H3,(H2,20,21,22)/t17-/m0/s1. The minimum absolute atomic E-state index is 0.377. The van der Waals surface area contributed by atoms with Gasteiger partial charge in [0, 0.05) is 6.54 Å². The average Bonchev–Trinajstić information content (AvgIpc) is 2.52. The Labute approximate surface area is 135 Å². The van der Waals surface area contributed by atoms with E-state index in [1.54, 1.807) is 18.2 Å². The van der Waals surface area contributed by atoms with E-state index in [0.29, 0.717) is 24.1 Å². The molecule has 1 atom stereocenters. The molecule has 3 N–H and O–H groups in total. The zero-order valence-electron chi connectivity index (χ0n) is 12.8. The monoisotopic (exact) mass is 330 g/mol. The van der Waals surface area contributed by atoms with Crippen molar-refractivity contribution in [2.75, 3.05) is 6.54 Å². The fraction of sp³-hybridized carbons (Fsp3) is 0.235. The van der Waals surface area contributed by atoms with Gasteiger partial charge < -0.3 is 9.79 Å². The maximum Gasteiger partial charge on any atom is 0.346 e. The molecule has 0 aliphatic carbocycles. The Morgan fingerprint density at radius 2 is 1.96 bits per heavy atom. The van der Waals surface area contributed by atoms with Crippen LogP contribution in [-0.2, 0) is 11.0 Å². The second kappa shape index (κ2) is 7.54. The van der Waals surface area contributed by atoms with Crippen molar-refractivity contribution in [1.82, 2.24) is 5.32 Å². The minimum Gasteiger partial charge on any atom is -0.323 e. The van der Waals surface area contributed by atoms with E-state index < -0.39 is 13.4 Å². The quantitative estimate of drug-likeness (QED) is 0.708. The normalized spacial score (nSPS) is 12.6. The second-order valence-electron chi connectivity index (χ2n) is 5.36. The highest BCUT2D eigenvalue weighted by atomic mass is 31.2. The first kappa shape index (κ1) is 17.4. The van der Waals surface area contributed by atoms with E-state index in [4.69, 9.17) is 5.26 Å². The number of aryl methyl sites for hydroxylation is 1. The van der Waals surface area contributed by atoms with Crippen LogP contribution in [0, 0.1) is 18.3 Å². The number of nitriles is 1. The largest absolute Gasteiger partial charge is 0.346 e. The van der Waals surface area contributed by atoms with Crippen LogP contribution in [0.4, 0.5) is 0 Å². The molecule has 0 fully saturated rings. The third-order valence-electron chi connectivity index (χ3n) is 3.66. The molecule has 0 aliphatic heterocycles. The molecular weight excluding hydrogens is 311 g/mol. The molecule has 2 aromatic carbocycles. The van der Waals surface area contributed by atoms with E-state index >= 15 is 0 Å². The maximum atomic E-state index is 11.8. The Kier molecular flexibility index (Phi) is 5.70. The van der Waals surface area contributed by atoms with E-state index in [2.05, 4.69) is 5.32 Å². The summed E-state index contributed by atoms with van der Waals surface area (Å²) in [6, 6.07) is 16.2. The van der Waals surface area contributed by atoms with Crippen molar-refractivity contribution in [3.8, 4) is 6.07 Å². The zero-order chi connectivity index (χ0) is 16.9. The van der Waals surface area contributed by atoms with Crippen molar-refractivity contribution in [3.05, 3.63) is 70.8 Å². The first-order chi connectivity index (χ1) is 10.9. The molecule has 0 spiro atoms. The highest BCUT2D eigenvalue weighted by Crippen LogP contribution is 2.49. The molecule has 0 bridgehead atoms. The lowest BCUT2D eigenvalue weighted by Gasteiger charge is -2.21. The summed E-state index contributed by atoms with van der Waals surface area (Å²) in [6.45, 7) is 2.43. The van der Waals surface area contributed by atoms with Crippen LogP contribution in [0.5, 0.6) is 0 Å². The Morgan fingerprint density at radius 1 is 1.22 bits per heavy atom. The molecule has 0 unspecified atom stereocenters. The van der Waals surface area contributed by atoms with Gasteiger partial charge in [-0.3, -0.25) is 9.88 Å². The molecule has 5 nitrogen and oxygen atoms in total. The van der Waals surface area contributed by atoms with E-state index in [-0.39, 0.29) is 0 Å². The van der Waals surface area contributed by atoms with Gasteiger partial charge in [-0.15, -0.1) is 0 Å². The van der Waals surface area contributed by atoms with Crippen molar-refractivity contribution in [1.29, 1.82) is 5.26 Å². The van der Waals surface area contributed by atoms with Gasteiger partial charge in [0.05, 0.1) is 11.6 Å². The van der Waals surface area contributed by atoms with Gasteiger partial charge in [0.15, 0.2) is 0 Å². The zero-order valence-corrected chi connectivity index (χ0v) is 13.7. The summed E-state index contributed by atoms with van der Waals surface area (Å²) in [7, 11) is -4.38. The molecule has 0 aliphatic rings. The fourth-order valence-corrected chi connectivity index (χ4v) is 3.36. The number of hydrogen-bond donors (Lipinski definition) is 3. The molecule has 120 valence electrons. The maximum absolute atomic E-state index is 11.8. The Hall–Kier alpha value is -1.96. The smallest absolute Gasteiger partial charge is 0.323 e. The van der Waals surface area contributed by atoms with Crippen LogP contribution in [-0.4, -0.2) is 16.3 Å². The van der Waals surface area contributed by atoms with Crippen LogP contribution in [0.3, 0.4) is 0 Å². The predicted octanol–water partition coefficient (Wildman–Crippen LogP) is 2.88. The van der Waals surface area contributed by atoms with Crippen LogP contribution < -0.4 is 5.32 Å². The van der Waals surface area contributed by atoms with Gasteiger partial charge in [-0.2, -0.15) is 5.26 Å². The molecule has 23 heavy (non-hydrogen) atoms. The number of rotatable bonds is 6. The number of nitrogens with zero attached hydrogens (tertiary/aromatic N) is 1. The first-order valence-corrected chi connectivity index (χ1v) is 8.93. The highest BCUT2D eigenvalue weighted by molar-refractivity contribution is 7.52. The van der Waals surface area contributed by atoms with Crippen molar-refractivity contribution < 1.29 is 14.4 Å². The van der Waals surface area contributed by atoms with Crippen molar-refractivity contribution in [2.24, 2.45) is 0 Å². The van der Waals surface area contributed by atoms with E-state index in [1.807, 2.05) is 37.3 Å². The first-order valence-electron chi connectivity index (χ1n) is 7.25. The van der Waals surface area contributed by atoms with Crippen LogP contribution in [0.25, 0.3) is 0 Å². The molecule has 0 heterocycles. The highest BCUT2D eigenvalue weighted by Gasteiger charge is 2.30. The number of hydrogen-bond acceptors (Lipinski definition) is 3. The summed E-state index contributed by atoms with van der Waals surface area (Å²) >= 11 is 0. The molecular formula is C17H19N2O3P. The van der Waals surface area contributed by atoms with Crippen molar-refractivity contribution >= 4 is 7.60 Å². The van der Waals surface area contributed by atoms with Crippen LogP contribution in [0.15, 0.2) is 48.5 Å². The summed E-state index contributed by atoms with van der Waals surface area (Å²) < 4.78 is 11.8. The van der Waals surface area contributed by atoms with Gasteiger partial charge in [0.1, 0.15) is 5.78 Å². The van der Waals surface area contributed by atoms with E-state index in [9.17, 15) is 14.4 Å². The molecule has 0 saturated carbocycles. The van der Waals surface area contributed by atoms with Crippen LogP contribution in [0.1, 0.15) is 28.0 Å². The lowest BCUT2D eigenvalue weighted by Crippen LogP contribution is -2.24.